The lowest BCUT2D eigenvalue weighted by Gasteiger charge is -2.10. The molecule has 1 aromatic carbocycles. The Morgan fingerprint density at radius 1 is 1.25 bits per heavy atom. The largest absolute Gasteiger partial charge is 0.496 e. The van der Waals surface area contributed by atoms with Gasteiger partial charge in [0.25, 0.3) is 0 Å². The van der Waals surface area contributed by atoms with Gasteiger partial charge in [-0.25, -0.2) is 4.39 Å². The van der Waals surface area contributed by atoms with Gasteiger partial charge in [0.15, 0.2) is 0 Å². The predicted molar refractivity (Wildman–Crippen MR) is 61.7 cm³/mol. The van der Waals surface area contributed by atoms with Crippen LogP contribution in [-0.2, 0) is 0 Å². The summed E-state index contributed by atoms with van der Waals surface area (Å²) in [6.07, 6.45) is 3.01. The van der Waals surface area contributed by atoms with E-state index < -0.39 is 0 Å². The van der Waals surface area contributed by atoms with Crippen molar-refractivity contribution < 1.29 is 9.13 Å². The summed E-state index contributed by atoms with van der Waals surface area (Å²) >= 11 is 3.31. The van der Waals surface area contributed by atoms with Gasteiger partial charge in [-0.15, -0.1) is 0 Å². The molecular formula is C11H8BrFN2O. The molecule has 0 atom stereocenters. The third-order valence-electron chi connectivity index (χ3n) is 2.15. The lowest BCUT2D eigenvalue weighted by atomic mass is 10.1. The average molecular weight is 283 g/mol. The van der Waals surface area contributed by atoms with Crippen LogP contribution in [0.5, 0.6) is 5.75 Å². The van der Waals surface area contributed by atoms with Gasteiger partial charge >= 0.3 is 0 Å². The van der Waals surface area contributed by atoms with Crippen LogP contribution in [0.2, 0.25) is 0 Å². The number of aromatic nitrogens is 2. The van der Waals surface area contributed by atoms with E-state index in [0.29, 0.717) is 21.3 Å². The van der Waals surface area contributed by atoms with Crippen LogP contribution in [0, 0.1) is 5.82 Å². The van der Waals surface area contributed by atoms with E-state index in [-0.39, 0.29) is 5.82 Å². The lowest BCUT2D eigenvalue weighted by molar-refractivity contribution is 0.413. The quantitative estimate of drug-likeness (QED) is 0.849. The second-order valence-corrected chi connectivity index (χ2v) is 3.92. The number of rotatable bonds is 2. The molecule has 0 saturated heterocycles. The number of nitrogens with zero attached hydrogens (tertiary/aromatic N) is 2. The number of hydrogen-bond donors (Lipinski definition) is 0. The van der Waals surface area contributed by atoms with Crippen LogP contribution in [0.15, 0.2) is 35.1 Å². The van der Waals surface area contributed by atoms with Gasteiger partial charge in [-0.2, -0.15) is 10.2 Å². The van der Waals surface area contributed by atoms with Crippen molar-refractivity contribution in [2.24, 2.45) is 0 Å². The van der Waals surface area contributed by atoms with Crippen molar-refractivity contribution in [2.45, 2.75) is 0 Å². The molecule has 0 unspecified atom stereocenters. The molecule has 0 N–H and O–H groups in total. The summed E-state index contributed by atoms with van der Waals surface area (Å²) in [5, 5.41) is 7.43. The highest BCUT2D eigenvalue weighted by Crippen LogP contribution is 2.35. The van der Waals surface area contributed by atoms with Gasteiger partial charge < -0.3 is 4.74 Å². The van der Waals surface area contributed by atoms with Crippen LogP contribution < -0.4 is 4.74 Å². The molecule has 1 heterocycles. The first-order valence-electron chi connectivity index (χ1n) is 4.53. The molecule has 2 rings (SSSR count). The van der Waals surface area contributed by atoms with Gasteiger partial charge in [-0.3, -0.25) is 0 Å². The molecule has 5 heteroatoms. The van der Waals surface area contributed by atoms with Crippen molar-refractivity contribution in [3.63, 3.8) is 0 Å². The van der Waals surface area contributed by atoms with Gasteiger partial charge in [-0.05, 0) is 28.1 Å². The molecule has 0 aliphatic carbocycles. The second kappa shape index (κ2) is 4.57. The molecule has 0 aliphatic rings. The molecule has 82 valence electrons. The Bertz CT molecular complexity index is 519. The van der Waals surface area contributed by atoms with E-state index in [2.05, 4.69) is 26.1 Å². The minimum atomic E-state index is -0.354. The zero-order valence-electron chi connectivity index (χ0n) is 8.45. The number of halogens is 2. The van der Waals surface area contributed by atoms with Crippen molar-refractivity contribution in [2.75, 3.05) is 7.11 Å². The van der Waals surface area contributed by atoms with Gasteiger partial charge in [0.2, 0.25) is 0 Å². The first kappa shape index (κ1) is 11.0. The standard InChI is InChI=1S/C11H8BrFN2O/c1-16-10-4-2-3-9(13)11(10)7-5-14-15-6-8(7)12/h2-6H,1H3. The molecule has 3 nitrogen and oxygen atoms in total. The van der Waals surface area contributed by atoms with Crippen LogP contribution >= 0.6 is 15.9 Å². The predicted octanol–water partition coefficient (Wildman–Crippen LogP) is 3.05. The van der Waals surface area contributed by atoms with Crippen LogP contribution in [-0.4, -0.2) is 17.3 Å². The summed E-state index contributed by atoms with van der Waals surface area (Å²) < 4.78 is 19.6. The maximum absolute atomic E-state index is 13.8. The summed E-state index contributed by atoms with van der Waals surface area (Å²) in [5.74, 6) is 0.113. The van der Waals surface area contributed by atoms with Crippen LogP contribution in [0.4, 0.5) is 4.39 Å². The van der Waals surface area contributed by atoms with Crippen molar-refractivity contribution in [3.05, 3.63) is 40.9 Å². The van der Waals surface area contributed by atoms with E-state index in [1.165, 1.54) is 25.6 Å². The fourth-order valence-electron chi connectivity index (χ4n) is 1.43. The van der Waals surface area contributed by atoms with E-state index in [1.54, 1.807) is 12.1 Å². The Balaban J connectivity index is 2.68. The molecule has 0 spiro atoms. The zero-order chi connectivity index (χ0) is 11.5. The molecule has 16 heavy (non-hydrogen) atoms. The molecule has 0 aliphatic heterocycles. The molecule has 2 aromatic rings. The number of benzene rings is 1. The summed E-state index contributed by atoms with van der Waals surface area (Å²) in [5.41, 5.74) is 0.997. The van der Waals surface area contributed by atoms with Crippen LogP contribution in [0.3, 0.4) is 0 Å². The van der Waals surface area contributed by atoms with Gasteiger partial charge in [-0.1, -0.05) is 6.07 Å². The highest BCUT2D eigenvalue weighted by Gasteiger charge is 2.14. The molecule has 0 bridgehead atoms. The molecule has 1 aromatic heterocycles. The molecule has 0 saturated carbocycles. The Labute approximate surface area is 100 Å². The third-order valence-corrected chi connectivity index (χ3v) is 2.78. The molecule has 0 amide bonds. The number of hydrogen-bond acceptors (Lipinski definition) is 3. The van der Waals surface area contributed by atoms with E-state index in [9.17, 15) is 4.39 Å². The smallest absolute Gasteiger partial charge is 0.134 e. The van der Waals surface area contributed by atoms with Crippen LogP contribution in [0.1, 0.15) is 0 Å². The number of methoxy groups -OCH3 is 1. The fourth-order valence-corrected chi connectivity index (χ4v) is 1.82. The third kappa shape index (κ3) is 1.90. The highest BCUT2D eigenvalue weighted by molar-refractivity contribution is 9.10. The molecule has 0 fully saturated rings. The minimum absolute atomic E-state index is 0.354. The summed E-state index contributed by atoms with van der Waals surface area (Å²) in [6.45, 7) is 0. The lowest BCUT2D eigenvalue weighted by Crippen LogP contribution is -1.93. The van der Waals surface area contributed by atoms with Crippen molar-refractivity contribution >= 4 is 15.9 Å². The Morgan fingerprint density at radius 3 is 2.69 bits per heavy atom. The van der Waals surface area contributed by atoms with E-state index in [0.717, 1.165) is 0 Å². The van der Waals surface area contributed by atoms with Crippen molar-refractivity contribution in [1.82, 2.24) is 10.2 Å². The first-order chi connectivity index (χ1) is 7.74. The molecule has 0 radical (unpaired) electrons. The van der Waals surface area contributed by atoms with Gasteiger partial charge in [0, 0.05) is 10.0 Å². The normalized spacial score (nSPS) is 10.2. The fraction of sp³-hybridized carbons (Fsp3) is 0.0909. The average Bonchev–Trinajstić information content (AvgIpc) is 2.30. The second-order valence-electron chi connectivity index (χ2n) is 3.07. The van der Waals surface area contributed by atoms with E-state index in [1.807, 2.05) is 0 Å². The van der Waals surface area contributed by atoms with E-state index >= 15 is 0 Å². The highest BCUT2D eigenvalue weighted by atomic mass is 79.9. The minimum Gasteiger partial charge on any atom is -0.496 e. The Hall–Kier alpha value is -1.49. The Kier molecular flexibility index (Phi) is 3.14. The maximum Gasteiger partial charge on any atom is 0.134 e. The van der Waals surface area contributed by atoms with Gasteiger partial charge in [0.05, 0.1) is 25.1 Å². The van der Waals surface area contributed by atoms with Gasteiger partial charge in [0.1, 0.15) is 11.6 Å². The maximum atomic E-state index is 13.8. The summed E-state index contributed by atoms with van der Waals surface area (Å²) in [7, 11) is 1.50. The summed E-state index contributed by atoms with van der Waals surface area (Å²) in [6, 6.07) is 4.68. The zero-order valence-corrected chi connectivity index (χ0v) is 10.0. The number of ether oxygens (including phenoxy) is 1. The van der Waals surface area contributed by atoms with Crippen LogP contribution in [0.25, 0.3) is 11.1 Å². The van der Waals surface area contributed by atoms with Crippen molar-refractivity contribution in [1.29, 1.82) is 0 Å². The van der Waals surface area contributed by atoms with E-state index in [4.69, 9.17) is 4.74 Å². The monoisotopic (exact) mass is 282 g/mol. The SMILES string of the molecule is COc1cccc(F)c1-c1cnncc1Br. The summed E-state index contributed by atoms with van der Waals surface area (Å²) in [4.78, 5) is 0. The molecular weight excluding hydrogens is 275 g/mol. The van der Waals surface area contributed by atoms with Crippen molar-refractivity contribution in [3.8, 4) is 16.9 Å². The Morgan fingerprint density at radius 2 is 2.00 bits per heavy atom. The first-order valence-corrected chi connectivity index (χ1v) is 5.32. The topological polar surface area (TPSA) is 35.0 Å².